The van der Waals surface area contributed by atoms with E-state index in [1.54, 1.807) is 29.2 Å². The van der Waals surface area contributed by atoms with Crippen LogP contribution in [0.25, 0.3) is 0 Å². The second-order valence-electron chi connectivity index (χ2n) is 6.94. The van der Waals surface area contributed by atoms with Gasteiger partial charge in [0.05, 0.1) is 0 Å². The number of amides is 2. The SMILES string of the molecule is O=C(NCc1cccc(N2CCCC2=O)c1)c1ccc(Oc2ccccc2)cc1. The molecule has 0 aromatic heterocycles. The van der Waals surface area contributed by atoms with Crippen LogP contribution in [0.1, 0.15) is 28.8 Å². The number of anilines is 1. The van der Waals surface area contributed by atoms with E-state index in [1.165, 1.54) is 0 Å². The second-order valence-corrected chi connectivity index (χ2v) is 6.94. The summed E-state index contributed by atoms with van der Waals surface area (Å²) in [5.41, 5.74) is 2.41. The summed E-state index contributed by atoms with van der Waals surface area (Å²) in [7, 11) is 0. The van der Waals surface area contributed by atoms with Crippen LogP contribution >= 0.6 is 0 Å². The first-order valence-corrected chi connectivity index (χ1v) is 9.69. The Morgan fingerprint density at radius 1 is 0.931 bits per heavy atom. The first kappa shape index (κ1) is 18.7. The average Bonchev–Trinajstić information content (AvgIpc) is 3.19. The molecular formula is C24H22N2O3. The summed E-state index contributed by atoms with van der Waals surface area (Å²) < 4.78 is 5.75. The molecule has 1 fully saturated rings. The third-order valence-electron chi connectivity index (χ3n) is 4.84. The van der Waals surface area contributed by atoms with Crippen molar-refractivity contribution in [3.8, 4) is 11.5 Å². The second kappa shape index (κ2) is 8.61. The molecule has 0 spiro atoms. The summed E-state index contributed by atoms with van der Waals surface area (Å²) >= 11 is 0. The highest BCUT2D eigenvalue weighted by Crippen LogP contribution is 2.23. The molecule has 3 aromatic carbocycles. The number of para-hydroxylation sites is 1. The molecule has 0 aliphatic carbocycles. The van der Waals surface area contributed by atoms with Crippen molar-refractivity contribution in [2.45, 2.75) is 19.4 Å². The predicted molar refractivity (Wildman–Crippen MR) is 112 cm³/mol. The van der Waals surface area contributed by atoms with E-state index < -0.39 is 0 Å². The van der Waals surface area contributed by atoms with Gasteiger partial charge in [-0.25, -0.2) is 0 Å². The minimum atomic E-state index is -0.154. The van der Waals surface area contributed by atoms with Gasteiger partial charge in [-0.2, -0.15) is 0 Å². The van der Waals surface area contributed by atoms with Gasteiger partial charge in [0.2, 0.25) is 5.91 Å². The number of nitrogens with one attached hydrogen (secondary N) is 1. The van der Waals surface area contributed by atoms with Crippen LogP contribution in [-0.4, -0.2) is 18.4 Å². The van der Waals surface area contributed by atoms with Crippen LogP contribution in [-0.2, 0) is 11.3 Å². The van der Waals surface area contributed by atoms with E-state index in [0.717, 1.165) is 30.0 Å². The maximum absolute atomic E-state index is 12.5. The molecule has 1 saturated heterocycles. The molecule has 146 valence electrons. The number of nitrogens with zero attached hydrogens (tertiary/aromatic N) is 1. The van der Waals surface area contributed by atoms with Crippen LogP contribution in [0.15, 0.2) is 78.9 Å². The molecule has 0 saturated carbocycles. The first-order chi connectivity index (χ1) is 14.2. The van der Waals surface area contributed by atoms with E-state index >= 15 is 0 Å². The summed E-state index contributed by atoms with van der Waals surface area (Å²) in [6, 6.07) is 24.3. The normalized spacial score (nSPS) is 13.4. The summed E-state index contributed by atoms with van der Waals surface area (Å²) in [6.45, 7) is 1.16. The summed E-state index contributed by atoms with van der Waals surface area (Å²) in [5.74, 6) is 1.43. The highest BCUT2D eigenvalue weighted by atomic mass is 16.5. The highest BCUT2D eigenvalue weighted by molar-refractivity contribution is 5.95. The van der Waals surface area contributed by atoms with Crippen molar-refractivity contribution in [2.75, 3.05) is 11.4 Å². The number of rotatable bonds is 6. The van der Waals surface area contributed by atoms with Crippen LogP contribution < -0.4 is 15.0 Å². The number of hydrogen-bond acceptors (Lipinski definition) is 3. The molecule has 1 heterocycles. The molecule has 1 aliphatic heterocycles. The van der Waals surface area contributed by atoms with E-state index in [-0.39, 0.29) is 11.8 Å². The zero-order valence-corrected chi connectivity index (χ0v) is 16.0. The molecule has 0 bridgehead atoms. The zero-order valence-electron chi connectivity index (χ0n) is 16.0. The van der Waals surface area contributed by atoms with Gasteiger partial charge in [0.15, 0.2) is 0 Å². The Morgan fingerprint density at radius 3 is 2.41 bits per heavy atom. The molecule has 1 N–H and O–H groups in total. The number of ether oxygens (including phenoxy) is 1. The van der Waals surface area contributed by atoms with Gasteiger partial charge in [-0.1, -0.05) is 30.3 Å². The Hall–Kier alpha value is -3.60. The first-order valence-electron chi connectivity index (χ1n) is 9.69. The minimum absolute atomic E-state index is 0.154. The summed E-state index contributed by atoms with van der Waals surface area (Å²) in [4.78, 5) is 26.2. The molecule has 0 unspecified atom stereocenters. The molecule has 2 amide bonds. The number of carbonyl (C=O) groups is 2. The maximum atomic E-state index is 12.5. The van der Waals surface area contributed by atoms with Crippen molar-refractivity contribution in [3.63, 3.8) is 0 Å². The van der Waals surface area contributed by atoms with Crippen molar-refractivity contribution in [3.05, 3.63) is 90.0 Å². The Kier molecular flexibility index (Phi) is 5.56. The van der Waals surface area contributed by atoms with Gasteiger partial charge in [-0.3, -0.25) is 9.59 Å². The molecular weight excluding hydrogens is 364 g/mol. The molecule has 29 heavy (non-hydrogen) atoms. The molecule has 5 heteroatoms. The average molecular weight is 386 g/mol. The topological polar surface area (TPSA) is 58.6 Å². The van der Waals surface area contributed by atoms with Crippen LogP contribution in [0.4, 0.5) is 5.69 Å². The van der Waals surface area contributed by atoms with Crippen molar-refractivity contribution >= 4 is 17.5 Å². The Balaban J connectivity index is 1.35. The van der Waals surface area contributed by atoms with Crippen molar-refractivity contribution in [2.24, 2.45) is 0 Å². The highest BCUT2D eigenvalue weighted by Gasteiger charge is 2.21. The molecule has 4 rings (SSSR count). The number of benzene rings is 3. The largest absolute Gasteiger partial charge is 0.457 e. The molecule has 1 aliphatic rings. The van der Waals surface area contributed by atoms with E-state index in [4.69, 9.17) is 4.74 Å². The fraction of sp³-hybridized carbons (Fsp3) is 0.167. The third kappa shape index (κ3) is 4.63. The van der Waals surface area contributed by atoms with Gasteiger partial charge >= 0.3 is 0 Å². The minimum Gasteiger partial charge on any atom is -0.457 e. The Bertz CT molecular complexity index is 1000. The van der Waals surface area contributed by atoms with Crippen molar-refractivity contribution in [1.29, 1.82) is 0 Å². The van der Waals surface area contributed by atoms with E-state index in [9.17, 15) is 9.59 Å². The smallest absolute Gasteiger partial charge is 0.251 e. The molecule has 0 radical (unpaired) electrons. The van der Waals surface area contributed by atoms with Crippen LogP contribution in [0, 0.1) is 0 Å². The summed E-state index contributed by atoms with van der Waals surface area (Å²) in [5, 5.41) is 2.93. The Morgan fingerprint density at radius 2 is 1.69 bits per heavy atom. The van der Waals surface area contributed by atoms with Crippen molar-refractivity contribution in [1.82, 2.24) is 5.32 Å². The maximum Gasteiger partial charge on any atom is 0.251 e. The molecule has 0 atom stereocenters. The van der Waals surface area contributed by atoms with Gasteiger partial charge in [0, 0.05) is 30.8 Å². The van der Waals surface area contributed by atoms with Crippen molar-refractivity contribution < 1.29 is 14.3 Å². The van der Waals surface area contributed by atoms with Crippen LogP contribution in [0.2, 0.25) is 0 Å². The van der Waals surface area contributed by atoms with E-state index in [0.29, 0.717) is 24.3 Å². The predicted octanol–water partition coefficient (Wildman–Crippen LogP) is 4.54. The van der Waals surface area contributed by atoms with Gasteiger partial charge in [-0.15, -0.1) is 0 Å². The van der Waals surface area contributed by atoms with E-state index in [1.807, 2.05) is 54.6 Å². The van der Waals surface area contributed by atoms with E-state index in [2.05, 4.69) is 5.32 Å². The third-order valence-corrected chi connectivity index (χ3v) is 4.84. The van der Waals surface area contributed by atoms with Gasteiger partial charge < -0.3 is 15.0 Å². The van der Waals surface area contributed by atoms with Crippen LogP contribution in [0.5, 0.6) is 11.5 Å². The molecule has 5 nitrogen and oxygen atoms in total. The van der Waals surface area contributed by atoms with Crippen LogP contribution in [0.3, 0.4) is 0 Å². The lowest BCUT2D eigenvalue weighted by molar-refractivity contribution is -0.117. The quantitative estimate of drug-likeness (QED) is 0.677. The summed E-state index contributed by atoms with van der Waals surface area (Å²) in [6.07, 6.45) is 1.49. The monoisotopic (exact) mass is 386 g/mol. The standard InChI is InChI=1S/C24H22N2O3/c27-23-10-5-15-26(23)20-7-4-6-18(16-20)17-25-24(28)19-11-13-22(14-12-19)29-21-8-2-1-3-9-21/h1-4,6-9,11-14,16H,5,10,15,17H2,(H,25,28). The van der Waals surface area contributed by atoms with Gasteiger partial charge in [0.1, 0.15) is 11.5 Å². The lowest BCUT2D eigenvalue weighted by Gasteiger charge is -2.16. The molecule has 3 aromatic rings. The fourth-order valence-corrected chi connectivity index (χ4v) is 3.34. The number of hydrogen-bond donors (Lipinski definition) is 1. The fourth-order valence-electron chi connectivity index (χ4n) is 3.34. The van der Waals surface area contributed by atoms with Gasteiger partial charge in [0.25, 0.3) is 5.91 Å². The lowest BCUT2D eigenvalue weighted by atomic mass is 10.1. The van der Waals surface area contributed by atoms with Gasteiger partial charge in [-0.05, 0) is 60.5 Å². The zero-order chi connectivity index (χ0) is 20.1. The lowest BCUT2D eigenvalue weighted by Crippen LogP contribution is -2.25. The number of carbonyl (C=O) groups excluding carboxylic acids is 2. The Labute approximate surface area is 169 Å².